The van der Waals surface area contributed by atoms with E-state index in [1.165, 1.54) is 13.2 Å². The average Bonchev–Trinajstić information content (AvgIpc) is 3.48. The molecule has 0 saturated heterocycles. The van der Waals surface area contributed by atoms with Crippen LogP contribution in [0.25, 0.3) is 0 Å². The molecule has 1 fully saturated rings. The topological polar surface area (TPSA) is 127 Å². The minimum absolute atomic E-state index is 0.0755. The van der Waals surface area contributed by atoms with E-state index in [2.05, 4.69) is 5.32 Å². The summed E-state index contributed by atoms with van der Waals surface area (Å²) in [7, 11) is 2.25. The number of methoxy groups -OCH3 is 2. The van der Waals surface area contributed by atoms with Gasteiger partial charge in [-0.3, -0.25) is 9.59 Å². The summed E-state index contributed by atoms with van der Waals surface area (Å²) in [6.45, 7) is -0.410. The molecule has 0 aliphatic heterocycles. The lowest BCUT2D eigenvalue weighted by atomic mass is 10.0. The van der Waals surface area contributed by atoms with E-state index in [9.17, 15) is 33.4 Å². The third-order valence-electron chi connectivity index (χ3n) is 5.06. The number of benzene rings is 1. The molecule has 166 valence electrons. The van der Waals surface area contributed by atoms with Crippen molar-refractivity contribution in [2.45, 2.75) is 31.2 Å². The van der Waals surface area contributed by atoms with Crippen molar-refractivity contribution >= 4 is 11.9 Å². The standard InChI is InChI=1S/C20H20F2N2O7/c1-30-14(25)9-24-8-11(16(26)17(31-2)15(24)19(28)29)18(27)23-20(5-6-20)12-4-3-10(21)7-13(12)22/h3-4,7-8,14,25H,5-6,9H2,1-2H3,(H,23,27)(H,28,29). The molecule has 1 amide bonds. The number of amides is 1. The fourth-order valence-electron chi connectivity index (χ4n) is 3.35. The van der Waals surface area contributed by atoms with Crippen LogP contribution >= 0.6 is 0 Å². The lowest BCUT2D eigenvalue weighted by Gasteiger charge is -2.21. The maximum Gasteiger partial charge on any atom is 0.356 e. The molecule has 1 aliphatic rings. The molecule has 1 aliphatic carbocycles. The molecule has 11 heteroatoms. The number of ether oxygens (including phenoxy) is 2. The predicted molar refractivity (Wildman–Crippen MR) is 102 cm³/mol. The Morgan fingerprint density at radius 1 is 1.29 bits per heavy atom. The second kappa shape index (κ2) is 8.44. The van der Waals surface area contributed by atoms with Crippen molar-refractivity contribution < 1.29 is 38.1 Å². The number of hydrogen-bond donors (Lipinski definition) is 3. The summed E-state index contributed by atoms with van der Waals surface area (Å²) in [4.78, 5) is 37.3. The van der Waals surface area contributed by atoms with Crippen molar-refractivity contribution in [2.75, 3.05) is 14.2 Å². The number of nitrogens with one attached hydrogen (secondary N) is 1. The normalized spacial score (nSPS) is 15.3. The second-order valence-corrected chi connectivity index (χ2v) is 7.06. The van der Waals surface area contributed by atoms with Crippen molar-refractivity contribution in [2.24, 2.45) is 0 Å². The fourth-order valence-corrected chi connectivity index (χ4v) is 3.35. The van der Waals surface area contributed by atoms with Crippen LogP contribution < -0.4 is 15.5 Å². The number of aliphatic hydroxyl groups excluding tert-OH is 1. The van der Waals surface area contributed by atoms with Gasteiger partial charge in [0.2, 0.25) is 5.43 Å². The Bertz CT molecular complexity index is 1100. The first kappa shape index (κ1) is 22.4. The number of hydrogen-bond acceptors (Lipinski definition) is 6. The molecule has 3 rings (SSSR count). The van der Waals surface area contributed by atoms with E-state index in [4.69, 9.17) is 9.47 Å². The summed E-state index contributed by atoms with van der Waals surface area (Å²) >= 11 is 0. The Morgan fingerprint density at radius 3 is 2.48 bits per heavy atom. The van der Waals surface area contributed by atoms with Gasteiger partial charge >= 0.3 is 5.97 Å². The highest BCUT2D eigenvalue weighted by atomic mass is 19.1. The quantitative estimate of drug-likeness (QED) is 0.529. The Labute approximate surface area is 174 Å². The van der Waals surface area contributed by atoms with Gasteiger partial charge in [-0.05, 0) is 18.9 Å². The van der Waals surface area contributed by atoms with Gasteiger partial charge in [-0.15, -0.1) is 0 Å². The SMILES string of the molecule is COc1c(C(=O)O)n(CC(O)OC)cc(C(=O)NC2(c3ccc(F)cc3F)CC2)c1=O. The number of carboxylic acid groups (broad SMARTS) is 1. The molecule has 1 atom stereocenters. The monoisotopic (exact) mass is 438 g/mol. The molecule has 3 N–H and O–H groups in total. The molecular formula is C20H20F2N2O7. The maximum absolute atomic E-state index is 14.2. The number of rotatable bonds is 8. The van der Waals surface area contributed by atoms with Crippen LogP contribution in [0.5, 0.6) is 5.75 Å². The van der Waals surface area contributed by atoms with Crippen LogP contribution in [0.1, 0.15) is 39.3 Å². The lowest BCUT2D eigenvalue weighted by molar-refractivity contribution is -0.0838. The van der Waals surface area contributed by atoms with E-state index >= 15 is 0 Å². The fraction of sp³-hybridized carbons (Fsp3) is 0.350. The second-order valence-electron chi connectivity index (χ2n) is 7.06. The van der Waals surface area contributed by atoms with Crippen molar-refractivity contribution in [3.63, 3.8) is 0 Å². The van der Waals surface area contributed by atoms with Gasteiger partial charge < -0.3 is 29.6 Å². The van der Waals surface area contributed by atoms with Crippen LogP contribution in [-0.2, 0) is 16.8 Å². The van der Waals surface area contributed by atoms with E-state index in [0.29, 0.717) is 18.9 Å². The van der Waals surface area contributed by atoms with Gasteiger partial charge in [0.1, 0.15) is 17.2 Å². The Hall–Kier alpha value is -3.31. The van der Waals surface area contributed by atoms with Crippen LogP contribution in [0.4, 0.5) is 8.78 Å². The van der Waals surface area contributed by atoms with Crippen LogP contribution in [0.3, 0.4) is 0 Å². The molecule has 2 aromatic rings. The third kappa shape index (κ3) is 4.28. The zero-order chi connectivity index (χ0) is 22.9. The summed E-state index contributed by atoms with van der Waals surface area (Å²) < 4.78 is 38.1. The van der Waals surface area contributed by atoms with Crippen LogP contribution in [0.15, 0.2) is 29.2 Å². The molecule has 31 heavy (non-hydrogen) atoms. The van der Waals surface area contributed by atoms with Gasteiger partial charge in [-0.2, -0.15) is 0 Å². The van der Waals surface area contributed by atoms with Crippen molar-refractivity contribution in [3.05, 3.63) is 63.1 Å². The van der Waals surface area contributed by atoms with Gasteiger partial charge in [0.25, 0.3) is 5.91 Å². The molecule has 9 nitrogen and oxygen atoms in total. The number of aromatic carboxylic acids is 1. The number of carboxylic acids is 1. The van der Waals surface area contributed by atoms with E-state index < -0.39 is 64.3 Å². The Kier molecular flexibility index (Phi) is 6.09. The highest BCUT2D eigenvalue weighted by Crippen LogP contribution is 2.46. The lowest BCUT2D eigenvalue weighted by Crippen LogP contribution is -2.39. The first-order valence-electron chi connectivity index (χ1n) is 9.17. The minimum atomic E-state index is -1.52. The molecular weight excluding hydrogens is 418 g/mol. The molecule has 0 spiro atoms. The number of aromatic nitrogens is 1. The number of nitrogens with zero attached hydrogens (tertiary/aromatic N) is 1. The highest BCUT2D eigenvalue weighted by Gasteiger charge is 2.48. The van der Waals surface area contributed by atoms with Crippen molar-refractivity contribution in [3.8, 4) is 5.75 Å². The first-order chi connectivity index (χ1) is 14.6. The molecule has 0 bridgehead atoms. The first-order valence-corrected chi connectivity index (χ1v) is 9.17. The van der Waals surface area contributed by atoms with Crippen LogP contribution in [0, 0.1) is 11.6 Å². The molecule has 0 radical (unpaired) electrons. The maximum atomic E-state index is 14.2. The Balaban J connectivity index is 2.03. The number of carbonyl (C=O) groups excluding carboxylic acids is 1. The predicted octanol–water partition coefficient (Wildman–Crippen LogP) is 1.22. The van der Waals surface area contributed by atoms with Crippen molar-refractivity contribution in [1.29, 1.82) is 0 Å². The largest absolute Gasteiger partial charge is 0.491 e. The zero-order valence-corrected chi connectivity index (χ0v) is 16.6. The molecule has 1 aromatic heterocycles. The summed E-state index contributed by atoms with van der Waals surface area (Å²) in [5, 5.41) is 21.8. The summed E-state index contributed by atoms with van der Waals surface area (Å²) in [5.41, 5.74) is -3.08. The third-order valence-corrected chi connectivity index (χ3v) is 5.06. The smallest absolute Gasteiger partial charge is 0.356 e. The van der Waals surface area contributed by atoms with Gasteiger partial charge in [-0.1, -0.05) is 6.07 Å². The molecule has 1 unspecified atom stereocenters. The van der Waals surface area contributed by atoms with Gasteiger partial charge in [0, 0.05) is 24.9 Å². The van der Waals surface area contributed by atoms with Gasteiger partial charge in [0.15, 0.2) is 17.7 Å². The number of halogens is 2. The zero-order valence-electron chi connectivity index (χ0n) is 16.6. The molecule has 1 aromatic carbocycles. The van der Waals surface area contributed by atoms with Crippen LogP contribution in [-0.4, -0.2) is 47.2 Å². The summed E-state index contributed by atoms with van der Waals surface area (Å²) in [5.74, 6) is -4.63. The van der Waals surface area contributed by atoms with E-state index in [1.807, 2.05) is 0 Å². The highest BCUT2D eigenvalue weighted by molar-refractivity contribution is 5.97. The number of aliphatic hydroxyl groups is 1. The molecule has 1 heterocycles. The Morgan fingerprint density at radius 2 is 1.97 bits per heavy atom. The molecule has 1 saturated carbocycles. The summed E-state index contributed by atoms with van der Waals surface area (Å²) in [6.07, 6.45) is 0.261. The van der Waals surface area contributed by atoms with Gasteiger partial charge in [-0.25, -0.2) is 13.6 Å². The summed E-state index contributed by atoms with van der Waals surface area (Å²) in [6, 6.07) is 2.99. The van der Waals surface area contributed by atoms with Crippen molar-refractivity contribution in [1.82, 2.24) is 9.88 Å². The minimum Gasteiger partial charge on any atom is -0.491 e. The van der Waals surface area contributed by atoms with E-state index in [0.717, 1.165) is 23.9 Å². The van der Waals surface area contributed by atoms with Crippen LogP contribution in [0.2, 0.25) is 0 Å². The van der Waals surface area contributed by atoms with E-state index in [1.54, 1.807) is 0 Å². The van der Waals surface area contributed by atoms with E-state index in [-0.39, 0.29) is 5.56 Å². The number of carbonyl (C=O) groups is 2. The van der Waals surface area contributed by atoms with Gasteiger partial charge in [0.05, 0.1) is 19.2 Å². The average molecular weight is 438 g/mol. The number of pyridine rings is 1.